The molecule has 0 aliphatic rings. The molecular weight excluding hydrogens is 398 g/mol. The highest BCUT2D eigenvalue weighted by Gasteiger charge is 2.17. The zero-order valence-electron chi connectivity index (χ0n) is 16.9. The number of ether oxygens (including phenoxy) is 2. The molecule has 0 spiro atoms. The van der Waals surface area contributed by atoms with Crippen LogP contribution in [-0.2, 0) is 17.6 Å². The predicted octanol–water partition coefficient (Wildman–Crippen LogP) is 4.06. The van der Waals surface area contributed by atoms with E-state index in [0.29, 0.717) is 6.42 Å². The van der Waals surface area contributed by atoms with Crippen molar-refractivity contribution in [3.63, 3.8) is 0 Å². The zero-order valence-corrected chi connectivity index (χ0v) is 17.7. The van der Waals surface area contributed by atoms with E-state index >= 15 is 0 Å². The first kappa shape index (κ1) is 20.0. The predicted molar refractivity (Wildman–Crippen MR) is 117 cm³/mol. The number of hydrogen-bond acceptors (Lipinski definition) is 5. The van der Waals surface area contributed by atoms with E-state index in [9.17, 15) is 4.79 Å². The maximum Gasteiger partial charge on any atom is 0.226 e. The monoisotopic (exact) mass is 421 g/mol. The summed E-state index contributed by atoms with van der Waals surface area (Å²) in [6.45, 7) is 0. The van der Waals surface area contributed by atoms with Crippen LogP contribution in [0.25, 0.3) is 4.96 Å². The first-order valence-corrected chi connectivity index (χ1v) is 10.5. The highest BCUT2D eigenvalue weighted by atomic mass is 32.1. The van der Waals surface area contributed by atoms with Crippen LogP contribution in [0.1, 0.15) is 22.9 Å². The average molecular weight is 422 g/mol. The fraction of sp³-hybridized carbons (Fsp3) is 0.217. The third-order valence-electron chi connectivity index (χ3n) is 4.94. The number of hydrogen-bond donors (Lipinski definition) is 1. The third-order valence-corrected chi connectivity index (χ3v) is 5.71. The van der Waals surface area contributed by atoms with Crippen LogP contribution in [0.5, 0.6) is 11.5 Å². The average Bonchev–Trinajstić information content (AvgIpc) is 3.35. The largest absolute Gasteiger partial charge is 0.497 e. The van der Waals surface area contributed by atoms with E-state index in [2.05, 4.69) is 10.3 Å². The molecule has 0 bridgehead atoms. The molecule has 6 nitrogen and oxygen atoms in total. The molecule has 4 aromatic rings. The van der Waals surface area contributed by atoms with Gasteiger partial charge >= 0.3 is 0 Å². The number of imidazole rings is 1. The van der Waals surface area contributed by atoms with Crippen molar-refractivity contribution in [2.45, 2.75) is 18.9 Å². The van der Waals surface area contributed by atoms with Crippen LogP contribution >= 0.6 is 11.3 Å². The van der Waals surface area contributed by atoms with Gasteiger partial charge in [0.2, 0.25) is 5.91 Å². The Morgan fingerprint density at radius 3 is 2.37 bits per heavy atom. The molecule has 1 amide bonds. The second-order valence-electron chi connectivity index (χ2n) is 6.95. The fourth-order valence-electron chi connectivity index (χ4n) is 3.36. The summed E-state index contributed by atoms with van der Waals surface area (Å²) in [4.78, 5) is 18.2. The van der Waals surface area contributed by atoms with Gasteiger partial charge in [-0.1, -0.05) is 24.3 Å². The van der Waals surface area contributed by atoms with Gasteiger partial charge in [0.1, 0.15) is 11.5 Å². The van der Waals surface area contributed by atoms with Crippen molar-refractivity contribution in [1.82, 2.24) is 14.7 Å². The highest BCUT2D eigenvalue weighted by Crippen LogP contribution is 2.23. The lowest BCUT2D eigenvalue weighted by Gasteiger charge is -2.20. The van der Waals surface area contributed by atoms with E-state index in [1.807, 2.05) is 70.7 Å². The number of nitrogens with zero attached hydrogens (tertiary/aromatic N) is 2. The molecular formula is C23H23N3O3S. The van der Waals surface area contributed by atoms with Crippen LogP contribution in [0.2, 0.25) is 0 Å². The molecule has 0 aliphatic carbocycles. The van der Waals surface area contributed by atoms with Crippen LogP contribution in [0.15, 0.2) is 66.3 Å². The lowest BCUT2D eigenvalue weighted by molar-refractivity contribution is -0.121. The summed E-state index contributed by atoms with van der Waals surface area (Å²) in [7, 11) is 3.29. The number of carbonyl (C=O) groups excluding carboxylic acids is 1. The van der Waals surface area contributed by atoms with Gasteiger partial charge in [-0.3, -0.25) is 9.20 Å². The number of rotatable bonds is 8. The van der Waals surface area contributed by atoms with Crippen LogP contribution in [0.4, 0.5) is 0 Å². The summed E-state index contributed by atoms with van der Waals surface area (Å²) in [5.41, 5.74) is 2.89. The zero-order chi connectivity index (χ0) is 20.9. The molecule has 1 N–H and O–H groups in total. The Hall–Kier alpha value is -3.32. The second kappa shape index (κ2) is 9.00. The van der Waals surface area contributed by atoms with Crippen molar-refractivity contribution in [3.8, 4) is 11.5 Å². The number of aromatic nitrogens is 2. The summed E-state index contributed by atoms with van der Waals surface area (Å²) in [6.07, 6.45) is 4.75. The molecule has 0 fully saturated rings. The lowest BCUT2D eigenvalue weighted by atomic mass is 9.98. The molecule has 154 valence electrons. The number of carbonyl (C=O) groups is 1. The minimum Gasteiger partial charge on any atom is -0.497 e. The summed E-state index contributed by atoms with van der Waals surface area (Å²) >= 11 is 1.55. The van der Waals surface area contributed by atoms with Crippen LogP contribution in [0.3, 0.4) is 0 Å². The van der Waals surface area contributed by atoms with Gasteiger partial charge in [-0.25, -0.2) is 4.98 Å². The van der Waals surface area contributed by atoms with E-state index in [-0.39, 0.29) is 18.4 Å². The molecule has 0 saturated carbocycles. The fourth-order valence-corrected chi connectivity index (χ4v) is 4.08. The quantitative estimate of drug-likeness (QED) is 0.466. The summed E-state index contributed by atoms with van der Waals surface area (Å²) in [5.74, 6) is 1.53. The van der Waals surface area contributed by atoms with Gasteiger partial charge in [0.25, 0.3) is 0 Å². The Labute approximate surface area is 179 Å². The Morgan fingerprint density at radius 1 is 1.07 bits per heavy atom. The van der Waals surface area contributed by atoms with E-state index in [4.69, 9.17) is 9.47 Å². The Balaban J connectivity index is 1.51. The molecule has 30 heavy (non-hydrogen) atoms. The second-order valence-corrected chi connectivity index (χ2v) is 7.82. The van der Waals surface area contributed by atoms with Crippen molar-refractivity contribution < 1.29 is 14.3 Å². The summed E-state index contributed by atoms with van der Waals surface area (Å²) in [6, 6.07) is 15.5. The van der Waals surface area contributed by atoms with Crippen LogP contribution in [-0.4, -0.2) is 29.5 Å². The van der Waals surface area contributed by atoms with E-state index < -0.39 is 0 Å². The van der Waals surface area contributed by atoms with Gasteiger partial charge in [-0.2, -0.15) is 0 Å². The third kappa shape index (κ3) is 4.63. The molecule has 0 saturated heterocycles. The van der Waals surface area contributed by atoms with Gasteiger partial charge < -0.3 is 14.8 Å². The lowest BCUT2D eigenvalue weighted by Crippen LogP contribution is -2.31. The number of benzene rings is 2. The smallest absolute Gasteiger partial charge is 0.226 e. The standard InChI is InChI=1S/C23H23N3O3S/c1-28-19-7-3-16(4-8-19)13-21(17-5-9-20(29-2)10-6-17)25-22(27)14-18-15-26-11-12-30-23(26)24-18/h3-12,15,21H,13-14H2,1-2H3,(H,25,27)/t21-/m0/s1. The summed E-state index contributed by atoms with van der Waals surface area (Å²) < 4.78 is 12.4. The molecule has 0 radical (unpaired) electrons. The minimum atomic E-state index is -0.166. The maximum absolute atomic E-state index is 12.8. The van der Waals surface area contributed by atoms with Gasteiger partial charge in [-0.15, -0.1) is 11.3 Å². The Morgan fingerprint density at radius 2 is 1.73 bits per heavy atom. The highest BCUT2D eigenvalue weighted by molar-refractivity contribution is 7.15. The van der Waals surface area contributed by atoms with Gasteiger partial charge in [0.05, 0.1) is 32.4 Å². The molecule has 1 atom stereocenters. The number of thiazole rings is 1. The molecule has 4 rings (SSSR count). The Kier molecular flexibility index (Phi) is 5.99. The van der Waals surface area contributed by atoms with Gasteiger partial charge in [0.15, 0.2) is 4.96 Å². The molecule has 0 unspecified atom stereocenters. The molecule has 7 heteroatoms. The van der Waals surface area contributed by atoms with Crippen molar-refractivity contribution in [2.75, 3.05) is 14.2 Å². The van der Waals surface area contributed by atoms with Crippen molar-refractivity contribution >= 4 is 22.2 Å². The molecule has 2 heterocycles. The molecule has 2 aromatic carbocycles. The minimum absolute atomic E-state index is 0.0601. The SMILES string of the molecule is COc1ccc(C[C@H](NC(=O)Cc2cn3ccsc3n2)c2ccc(OC)cc2)cc1. The molecule has 0 aliphatic heterocycles. The van der Waals surface area contributed by atoms with Gasteiger partial charge in [0, 0.05) is 17.8 Å². The number of nitrogens with one attached hydrogen (secondary N) is 1. The van der Waals surface area contributed by atoms with Crippen LogP contribution < -0.4 is 14.8 Å². The van der Waals surface area contributed by atoms with E-state index in [0.717, 1.165) is 33.3 Å². The Bertz CT molecular complexity index is 1090. The summed E-state index contributed by atoms with van der Waals surface area (Å²) in [5, 5.41) is 5.15. The number of methoxy groups -OCH3 is 2. The molecule has 2 aromatic heterocycles. The normalized spacial score (nSPS) is 11.9. The van der Waals surface area contributed by atoms with Crippen molar-refractivity contribution in [1.29, 1.82) is 0 Å². The maximum atomic E-state index is 12.8. The first-order chi connectivity index (χ1) is 14.6. The van der Waals surface area contributed by atoms with Crippen LogP contribution in [0, 0.1) is 0 Å². The number of fused-ring (bicyclic) bond motifs is 1. The van der Waals surface area contributed by atoms with E-state index in [1.54, 1.807) is 25.6 Å². The van der Waals surface area contributed by atoms with Crippen molar-refractivity contribution in [2.24, 2.45) is 0 Å². The number of amides is 1. The van der Waals surface area contributed by atoms with E-state index in [1.165, 1.54) is 0 Å². The topological polar surface area (TPSA) is 64.9 Å². The van der Waals surface area contributed by atoms with Crippen molar-refractivity contribution in [3.05, 3.63) is 83.1 Å². The first-order valence-electron chi connectivity index (χ1n) is 9.62. The van der Waals surface area contributed by atoms with Gasteiger partial charge in [-0.05, 0) is 41.8 Å².